The Morgan fingerprint density at radius 1 is 1.17 bits per heavy atom. The van der Waals surface area contributed by atoms with Crippen molar-refractivity contribution in [2.24, 2.45) is 0 Å². The van der Waals surface area contributed by atoms with Crippen molar-refractivity contribution in [3.05, 3.63) is 0 Å². The molecule has 1 rings (SSSR count). The number of hydroxylamine groups is 2. The molecule has 10 heteroatoms. The van der Waals surface area contributed by atoms with Crippen LogP contribution in [0.3, 0.4) is 0 Å². The quantitative estimate of drug-likeness (QED) is 0.454. The predicted molar refractivity (Wildman–Crippen MR) is 79.0 cm³/mol. The fourth-order valence-corrected chi connectivity index (χ4v) is 2.00. The number of amides is 4. The molecule has 0 aromatic carbocycles. The van der Waals surface area contributed by atoms with Crippen LogP contribution in [0, 0.1) is 0 Å². The number of imide groups is 1. The minimum Gasteiger partial charge on any atom is -0.453 e. The molecule has 0 saturated carbocycles. The maximum atomic E-state index is 12.1. The molecule has 0 spiro atoms. The van der Waals surface area contributed by atoms with Crippen LogP contribution in [0.2, 0.25) is 0 Å². The highest BCUT2D eigenvalue weighted by molar-refractivity contribution is 6.01. The van der Waals surface area contributed by atoms with Gasteiger partial charge in [0.15, 0.2) is 0 Å². The van der Waals surface area contributed by atoms with E-state index in [1.165, 1.54) is 6.92 Å². The van der Waals surface area contributed by atoms with Crippen LogP contribution in [0.1, 0.15) is 39.0 Å². The minimum atomic E-state index is -1.07. The van der Waals surface area contributed by atoms with Gasteiger partial charge in [-0.05, 0) is 19.3 Å². The summed E-state index contributed by atoms with van der Waals surface area (Å²) in [6, 6.07) is -1.07. The highest BCUT2D eigenvalue weighted by Gasteiger charge is 2.35. The first-order valence-electron chi connectivity index (χ1n) is 7.51. The monoisotopic (exact) mass is 343 g/mol. The Labute approximate surface area is 138 Å². The van der Waals surface area contributed by atoms with Gasteiger partial charge in [-0.15, -0.1) is 5.06 Å². The number of hydrogen-bond donors (Lipinski definition) is 2. The van der Waals surface area contributed by atoms with Crippen molar-refractivity contribution in [3.8, 4) is 0 Å². The van der Waals surface area contributed by atoms with E-state index >= 15 is 0 Å². The molecule has 0 aromatic rings. The van der Waals surface area contributed by atoms with E-state index in [9.17, 15) is 24.0 Å². The fourth-order valence-electron chi connectivity index (χ4n) is 2.00. The van der Waals surface area contributed by atoms with Gasteiger partial charge in [0.25, 0.3) is 11.8 Å². The number of rotatable bonds is 8. The molecule has 1 unspecified atom stereocenters. The lowest BCUT2D eigenvalue weighted by molar-refractivity contribution is -0.199. The second-order valence-electron chi connectivity index (χ2n) is 5.16. The summed E-state index contributed by atoms with van der Waals surface area (Å²) in [6.45, 7) is 1.82. The third kappa shape index (κ3) is 6.23. The van der Waals surface area contributed by atoms with E-state index in [0.29, 0.717) is 24.4 Å². The number of carbonyl (C=O) groups excluding carboxylic acids is 5. The van der Waals surface area contributed by atoms with Crippen LogP contribution in [0.25, 0.3) is 0 Å². The summed E-state index contributed by atoms with van der Waals surface area (Å²) in [4.78, 5) is 61.9. The maximum Gasteiger partial charge on any atom is 0.407 e. The molecule has 10 nitrogen and oxygen atoms in total. The number of methoxy groups -OCH3 is 1. The number of unbranched alkanes of at least 4 members (excludes halogenated alkanes) is 1. The van der Waals surface area contributed by atoms with Crippen molar-refractivity contribution in [2.75, 3.05) is 13.7 Å². The Hall–Kier alpha value is -2.65. The lowest BCUT2D eigenvalue weighted by Crippen LogP contribution is -2.45. The van der Waals surface area contributed by atoms with Crippen LogP contribution >= 0.6 is 0 Å². The van der Waals surface area contributed by atoms with Crippen molar-refractivity contribution in [1.82, 2.24) is 15.7 Å². The minimum absolute atomic E-state index is 0.0159. The van der Waals surface area contributed by atoms with Crippen molar-refractivity contribution in [1.29, 1.82) is 0 Å². The second-order valence-corrected chi connectivity index (χ2v) is 5.16. The Morgan fingerprint density at radius 2 is 1.79 bits per heavy atom. The van der Waals surface area contributed by atoms with Gasteiger partial charge in [0, 0.05) is 26.3 Å². The van der Waals surface area contributed by atoms with Crippen molar-refractivity contribution < 1.29 is 33.5 Å². The van der Waals surface area contributed by atoms with Crippen LogP contribution in [-0.2, 0) is 28.8 Å². The molecule has 0 bridgehead atoms. The molecule has 1 aliphatic heterocycles. The van der Waals surface area contributed by atoms with Gasteiger partial charge in [-0.1, -0.05) is 0 Å². The van der Waals surface area contributed by atoms with Crippen LogP contribution < -0.4 is 10.6 Å². The first kappa shape index (κ1) is 19.4. The average molecular weight is 343 g/mol. The summed E-state index contributed by atoms with van der Waals surface area (Å²) in [7, 11) is 1.14. The normalized spacial score (nSPS) is 15.0. The molecule has 1 saturated heterocycles. The first-order chi connectivity index (χ1) is 11.3. The third-order valence-electron chi connectivity index (χ3n) is 3.24. The van der Waals surface area contributed by atoms with Gasteiger partial charge in [-0.2, -0.15) is 0 Å². The Bertz CT molecular complexity index is 504. The third-order valence-corrected chi connectivity index (χ3v) is 3.24. The highest BCUT2D eigenvalue weighted by atomic mass is 16.7. The molecule has 4 amide bonds. The lowest BCUT2D eigenvalue weighted by Gasteiger charge is -2.19. The van der Waals surface area contributed by atoms with Gasteiger partial charge in [-0.3, -0.25) is 14.4 Å². The molecule has 1 heterocycles. The zero-order valence-electron chi connectivity index (χ0n) is 13.6. The van der Waals surface area contributed by atoms with Gasteiger partial charge >= 0.3 is 12.1 Å². The number of hydrogen-bond acceptors (Lipinski definition) is 7. The second kappa shape index (κ2) is 9.48. The molecule has 0 aromatic heterocycles. The van der Waals surface area contributed by atoms with E-state index in [1.54, 1.807) is 0 Å². The van der Waals surface area contributed by atoms with Crippen molar-refractivity contribution >= 4 is 29.8 Å². The van der Waals surface area contributed by atoms with E-state index in [4.69, 9.17) is 4.84 Å². The smallest absolute Gasteiger partial charge is 0.407 e. The molecular weight excluding hydrogens is 322 g/mol. The molecule has 1 aliphatic rings. The number of carbonyl (C=O) groups is 5. The lowest BCUT2D eigenvalue weighted by atomic mass is 10.1. The molecule has 1 fully saturated rings. The van der Waals surface area contributed by atoms with Crippen molar-refractivity contribution in [3.63, 3.8) is 0 Å². The number of nitrogens with one attached hydrogen (secondary N) is 2. The molecule has 134 valence electrons. The van der Waals surface area contributed by atoms with Gasteiger partial charge in [0.2, 0.25) is 5.91 Å². The summed E-state index contributed by atoms with van der Waals surface area (Å²) in [5, 5.41) is 5.33. The van der Waals surface area contributed by atoms with E-state index in [1.807, 2.05) is 0 Å². The van der Waals surface area contributed by atoms with Crippen LogP contribution in [0.4, 0.5) is 4.79 Å². The summed E-state index contributed by atoms with van der Waals surface area (Å²) >= 11 is 0. The number of nitrogens with zero attached hydrogens (tertiary/aromatic N) is 1. The standard InChI is InChI=1S/C14H21N3O7/c1-9(18)15-8-4-3-5-10(16-14(22)23-2)13(21)24-17-11(19)6-7-12(17)20/h10H,3-8H2,1-2H3,(H,15,18)(H,16,22). The van der Waals surface area contributed by atoms with E-state index in [2.05, 4.69) is 15.4 Å². The van der Waals surface area contributed by atoms with Gasteiger partial charge in [0.1, 0.15) is 6.04 Å². The summed E-state index contributed by atoms with van der Waals surface area (Å²) in [5.41, 5.74) is 0. The van der Waals surface area contributed by atoms with E-state index in [-0.39, 0.29) is 25.2 Å². The van der Waals surface area contributed by atoms with Gasteiger partial charge in [-0.25, -0.2) is 9.59 Å². The number of ether oxygens (including phenoxy) is 1. The zero-order valence-corrected chi connectivity index (χ0v) is 13.6. The summed E-state index contributed by atoms with van der Waals surface area (Å²) in [5.74, 6) is -2.29. The molecule has 24 heavy (non-hydrogen) atoms. The predicted octanol–water partition coefficient (Wildman–Crippen LogP) is -0.375. The molecule has 1 atom stereocenters. The maximum absolute atomic E-state index is 12.1. The Morgan fingerprint density at radius 3 is 2.33 bits per heavy atom. The van der Waals surface area contributed by atoms with E-state index in [0.717, 1.165) is 7.11 Å². The zero-order chi connectivity index (χ0) is 18.1. The SMILES string of the molecule is COC(=O)NC(CCCCNC(C)=O)C(=O)ON1C(=O)CCC1=O. The topological polar surface area (TPSA) is 131 Å². The van der Waals surface area contributed by atoms with Crippen LogP contribution in [0.15, 0.2) is 0 Å². The summed E-state index contributed by atoms with van der Waals surface area (Å²) in [6.07, 6.45) is 0.400. The molecule has 0 aliphatic carbocycles. The van der Waals surface area contributed by atoms with Crippen LogP contribution in [-0.4, -0.2) is 54.5 Å². The molecular formula is C14H21N3O7. The molecule has 0 radical (unpaired) electrons. The Kier molecular flexibility index (Phi) is 7.66. The van der Waals surface area contributed by atoms with Gasteiger partial charge in [0.05, 0.1) is 7.11 Å². The van der Waals surface area contributed by atoms with E-state index < -0.39 is 29.9 Å². The average Bonchev–Trinajstić information content (AvgIpc) is 2.84. The number of alkyl carbamates (subject to hydrolysis) is 1. The fraction of sp³-hybridized carbons (Fsp3) is 0.643. The Balaban J connectivity index is 2.54. The summed E-state index contributed by atoms with van der Waals surface area (Å²) < 4.78 is 4.44. The largest absolute Gasteiger partial charge is 0.453 e. The van der Waals surface area contributed by atoms with Gasteiger partial charge < -0.3 is 20.2 Å². The highest BCUT2D eigenvalue weighted by Crippen LogP contribution is 2.14. The van der Waals surface area contributed by atoms with Crippen molar-refractivity contribution in [2.45, 2.75) is 45.1 Å². The molecule has 2 N–H and O–H groups in total. The first-order valence-corrected chi connectivity index (χ1v) is 7.51. The van der Waals surface area contributed by atoms with Crippen LogP contribution in [0.5, 0.6) is 0 Å².